The van der Waals surface area contributed by atoms with Gasteiger partial charge in [0.15, 0.2) is 0 Å². The Morgan fingerprint density at radius 1 is 1.00 bits per heavy atom. The van der Waals surface area contributed by atoms with Crippen LogP contribution in [0.4, 0.5) is 0 Å². The SMILES string of the molecule is O[C@@H]1[C@H](Br)[C@@H](O)C=C[C@H]1O. The highest BCUT2D eigenvalue weighted by molar-refractivity contribution is 9.09. The molecule has 0 heterocycles. The Hall–Kier alpha value is 0.100. The fraction of sp³-hybridized carbons (Fsp3) is 0.667. The molecule has 3 nitrogen and oxygen atoms in total. The quantitative estimate of drug-likeness (QED) is 0.369. The Labute approximate surface area is 67.1 Å². The van der Waals surface area contributed by atoms with E-state index >= 15 is 0 Å². The molecule has 0 unspecified atom stereocenters. The van der Waals surface area contributed by atoms with Gasteiger partial charge in [-0.05, 0) is 0 Å². The average molecular weight is 209 g/mol. The van der Waals surface area contributed by atoms with Crippen molar-refractivity contribution in [2.45, 2.75) is 23.1 Å². The Morgan fingerprint density at radius 2 is 1.50 bits per heavy atom. The van der Waals surface area contributed by atoms with E-state index in [4.69, 9.17) is 15.3 Å². The van der Waals surface area contributed by atoms with Crippen LogP contribution in [0.15, 0.2) is 12.2 Å². The minimum absolute atomic E-state index is 0.465. The number of halogens is 1. The van der Waals surface area contributed by atoms with Gasteiger partial charge in [-0.1, -0.05) is 28.1 Å². The lowest BCUT2D eigenvalue weighted by molar-refractivity contribution is 0.0177. The van der Waals surface area contributed by atoms with Crippen molar-refractivity contribution in [2.75, 3.05) is 0 Å². The predicted octanol–water partition coefficient (Wildman–Crippen LogP) is -0.598. The number of alkyl halides is 1. The minimum atomic E-state index is -0.917. The van der Waals surface area contributed by atoms with Crippen molar-refractivity contribution >= 4 is 15.9 Å². The molecule has 4 heteroatoms. The lowest BCUT2D eigenvalue weighted by atomic mass is 10.00. The van der Waals surface area contributed by atoms with Gasteiger partial charge < -0.3 is 15.3 Å². The molecule has 1 rings (SSSR count). The van der Waals surface area contributed by atoms with Crippen LogP contribution in [0.3, 0.4) is 0 Å². The topological polar surface area (TPSA) is 60.7 Å². The lowest BCUT2D eigenvalue weighted by Gasteiger charge is -2.27. The molecule has 0 saturated carbocycles. The summed E-state index contributed by atoms with van der Waals surface area (Å²) in [5, 5.41) is 27.2. The summed E-state index contributed by atoms with van der Waals surface area (Å²) in [6.07, 6.45) is 0.343. The van der Waals surface area contributed by atoms with Crippen molar-refractivity contribution in [3.63, 3.8) is 0 Å². The van der Waals surface area contributed by atoms with E-state index in [0.717, 1.165) is 0 Å². The van der Waals surface area contributed by atoms with Crippen molar-refractivity contribution in [1.82, 2.24) is 0 Å². The van der Waals surface area contributed by atoms with Gasteiger partial charge in [0.1, 0.15) is 0 Å². The molecule has 0 spiro atoms. The lowest BCUT2D eigenvalue weighted by Crippen LogP contribution is -2.42. The van der Waals surface area contributed by atoms with Gasteiger partial charge in [-0.25, -0.2) is 0 Å². The Morgan fingerprint density at radius 3 is 2.00 bits per heavy atom. The van der Waals surface area contributed by atoms with Crippen LogP contribution in [-0.2, 0) is 0 Å². The molecule has 0 bridgehead atoms. The molecule has 0 aromatic carbocycles. The maximum Gasteiger partial charge on any atom is 0.0993 e. The number of hydrogen-bond acceptors (Lipinski definition) is 3. The first-order valence-electron chi connectivity index (χ1n) is 2.99. The molecule has 1 aliphatic rings. The average Bonchev–Trinajstić information content (AvgIpc) is 1.93. The van der Waals surface area contributed by atoms with Crippen molar-refractivity contribution in [2.24, 2.45) is 0 Å². The van der Waals surface area contributed by atoms with Gasteiger partial charge in [0.05, 0.1) is 23.1 Å². The fourth-order valence-electron chi connectivity index (χ4n) is 0.838. The molecule has 3 N–H and O–H groups in total. The van der Waals surface area contributed by atoms with Gasteiger partial charge >= 0.3 is 0 Å². The zero-order valence-electron chi connectivity index (χ0n) is 5.18. The molecule has 0 aromatic rings. The second-order valence-electron chi connectivity index (χ2n) is 2.30. The van der Waals surface area contributed by atoms with Gasteiger partial charge in [0.2, 0.25) is 0 Å². The molecule has 0 fully saturated rings. The van der Waals surface area contributed by atoms with Crippen LogP contribution in [0.2, 0.25) is 0 Å². The number of aliphatic hydroxyl groups excluding tert-OH is 3. The summed E-state index contributed by atoms with van der Waals surface area (Å²) in [6.45, 7) is 0. The van der Waals surface area contributed by atoms with E-state index in [1.54, 1.807) is 0 Å². The molecular weight excluding hydrogens is 200 g/mol. The smallest absolute Gasteiger partial charge is 0.0993 e. The summed E-state index contributed by atoms with van der Waals surface area (Å²) in [6, 6.07) is 0. The minimum Gasteiger partial charge on any atom is -0.389 e. The van der Waals surface area contributed by atoms with Gasteiger partial charge in [-0.3, -0.25) is 0 Å². The van der Waals surface area contributed by atoms with E-state index in [9.17, 15) is 0 Å². The van der Waals surface area contributed by atoms with Crippen molar-refractivity contribution in [3.8, 4) is 0 Å². The normalized spacial score (nSPS) is 47.6. The van der Waals surface area contributed by atoms with Crippen molar-refractivity contribution in [3.05, 3.63) is 12.2 Å². The standard InChI is InChI=1S/C6H9BrO3/c7-5-3(8)1-2-4(9)6(5)10/h1-6,8-10H/t3-,4+,5+,6-/m0/s1. The Kier molecular flexibility index (Phi) is 2.46. The number of hydrogen-bond donors (Lipinski definition) is 3. The maximum absolute atomic E-state index is 9.11. The molecule has 0 aliphatic heterocycles. The molecule has 10 heavy (non-hydrogen) atoms. The van der Waals surface area contributed by atoms with Gasteiger partial charge in [0.25, 0.3) is 0 Å². The van der Waals surface area contributed by atoms with Crippen LogP contribution >= 0.6 is 15.9 Å². The summed E-state index contributed by atoms with van der Waals surface area (Å²) in [5.74, 6) is 0. The van der Waals surface area contributed by atoms with Crippen LogP contribution in [0.25, 0.3) is 0 Å². The third-order valence-corrected chi connectivity index (χ3v) is 2.59. The number of rotatable bonds is 0. The van der Waals surface area contributed by atoms with E-state index in [1.807, 2.05) is 0 Å². The van der Waals surface area contributed by atoms with Gasteiger partial charge in [-0.15, -0.1) is 0 Å². The summed E-state index contributed by atoms with van der Waals surface area (Å²) in [7, 11) is 0. The Balaban J connectivity index is 2.69. The highest BCUT2D eigenvalue weighted by Gasteiger charge is 2.30. The van der Waals surface area contributed by atoms with Crippen LogP contribution in [0, 0.1) is 0 Å². The zero-order valence-corrected chi connectivity index (χ0v) is 6.77. The van der Waals surface area contributed by atoms with Crippen LogP contribution < -0.4 is 0 Å². The maximum atomic E-state index is 9.11. The van der Waals surface area contributed by atoms with Crippen LogP contribution in [0.1, 0.15) is 0 Å². The van der Waals surface area contributed by atoms with E-state index < -0.39 is 23.1 Å². The monoisotopic (exact) mass is 208 g/mol. The third-order valence-electron chi connectivity index (χ3n) is 1.51. The second-order valence-corrected chi connectivity index (χ2v) is 3.36. The van der Waals surface area contributed by atoms with E-state index in [1.165, 1.54) is 12.2 Å². The van der Waals surface area contributed by atoms with Crippen molar-refractivity contribution < 1.29 is 15.3 Å². The molecule has 1 aliphatic carbocycles. The van der Waals surface area contributed by atoms with Crippen LogP contribution in [0.5, 0.6) is 0 Å². The predicted molar refractivity (Wildman–Crippen MR) is 39.9 cm³/mol. The largest absolute Gasteiger partial charge is 0.389 e. The first-order chi connectivity index (χ1) is 4.63. The highest BCUT2D eigenvalue weighted by Crippen LogP contribution is 2.20. The number of aliphatic hydroxyl groups is 3. The highest BCUT2D eigenvalue weighted by atomic mass is 79.9. The first kappa shape index (κ1) is 8.20. The Bertz CT molecular complexity index is 132. The molecule has 0 radical (unpaired) electrons. The second kappa shape index (κ2) is 3.00. The van der Waals surface area contributed by atoms with Crippen molar-refractivity contribution in [1.29, 1.82) is 0 Å². The molecule has 0 aromatic heterocycles. The first-order valence-corrected chi connectivity index (χ1v) is 3.91. The molecule has 58 valence electrons. The fourth-order valence-corrected chi connectivity index (χ4v) is 1.33. The van der Waals surface area contributed by atoms with Crippen LogP contribution in [-0.4, -0.2) is 38.5 Å². The molecule has 0 amide bonds. The van der Waals surface area contributed by atoms with Gasteiger partial charge in [-0.2, -0.15) is 0 Å². The summed E-state index contributed by atoms with van der Waals surface area (Å²) in [5.41, 5.74) is 0. The van der Waals surface area contributed by atoms with E-state index in [0.29, 0.717) is 0 Å². The summed E-state index contributed by atoms with van der Waals surface area (Å²) < 4.78 is 0. The van der Waals surface area contributed by atoms with E-state index in [2.05, 4.69) is 15.9 Å². The molecular formula is C6H9BrO3. The molecule has 4 atom stereocenters. The third kappa shape index (κ3) is 1.40. The molecule has 0 saturated heterocycles. The zero-order chi connectivity index (χ0) is 7.72. The van der Waals surface area contributed by atoms with Gasteiger partial charge in [0, 0.05) is 0 Å². The summed E-state index contributed by atoms with van der Waals surface area (Å²) in [4.78, 5) is -0.465. The van der Waals surface area contributed by atoms with E-state index in [-0.39, 0.29) is 0 Å². The summed E-state index contributed by atoms with van der Waals surface area (Å²) >= 11 is 3.05.